The predicted molar refractivity (Wildman–Crippen MR) is 116 cm³/mol. The molecule has 2 rings (SSSR count). The van der Waals surface area contributed by atoms with E-state index in [9.17, 15) is 0 Å². The average molecular weight is 411 g/mol. The summed E-state index contributed by atoms with van der Waals surface area (Å²) in [6.45, 7) is 12.4. The third-order valence-electron chi connectivity index (χ3n) is 4.65. The topological polar surface area (TPSA) is 9.23 Å². The predicted octanol–water partition coefficient (Wildman–Crippen LogP) is 7.13. The first-order valence-corrected chi connectivity index (χ1v) is 9.99. The molecular formula is C24H27BrO. The van der Waals surface area contributed by atoms with Gasteiger partial charge in [0.25, 0.3) is 0 Å². The van der Waals surface area contributed by atoms with Gasteiger partial charge < -0.3 is 4.74 Å². The van der Waals surface area contributed by atoms with Crippen LogP contribution >= 0.6 is 15.9 Å². The summed E-state index contributed by atoms with van der Waals surface area (Å²) < 4.78 is 5.94. The van der Waals surface area contributed by atoms with Crippen molar-refractivity contribution in [2.45, 2.75) is 36.6 Å². The van der Waals surface area contributed by atoms with Crippen LogP contribution in [0.4, 0.5) is 0 Å². The van der Waals surface area contributed by atoms with Crippen molar-refractivity contribution >= 4 is 15.9 Å². The zero-order valence-corrected chi connectivity index (χ0v) is 16.9. The molecule has 0 unspecified atom stereocenters. The summed E-state index contributed by atoms with van der Waals surface area (Å²) in [5, 5.41) is 0.872. The Balaban J connectivity index is 2.10. The van der Waals surface area contributed by atoms with E-state index in [0.29, 0.717) is 6.61 Å². The fourth-order valence-corrected chi connectivity index (χ4v) is 3.60. The summed E-state index contributed by atoms with van der Waals surface area (Å²) in [4.78, 5) is 0. The van der Waals surface area contributed by atoms with Gasteiger partial charge in [-0.3, -0.25) is 0 Å². The molecule has 0 heterocycles. The van der Waals surface area contributed by atoms with E-state index in [-0.39, 0.29) is 5.41 Å². The van der Waals surface area contributed by atoms with E-state index in [4.69, 9.17) is 4.74 Å². The van der Waals surface area contributed by atoms with Gasteiger partial charge in [-0.25, -0.2) is 0 Å². The molecule has 0 amide bonds. The molecule has 0 N–H and O–H groups in total. The minimum Gasteiger partial charge on any atom is -0.489 e. The number of ether oxygens (including phenoxy) is 1. The SMILES string of the molecule is C=CCC(CC=C)(CC=C)c1ccc(OCc2ccc(CBr)cc2)cc1. The van der Waals surface area contributed by atoms with Crippen LogP contribution in [0.25, 0.3) is 0 Å². The molecule has 0 saturated carbocycles. The van der Waals surface area contributed by atoms with Crippen molar-refractivity contribution in [2.75, 3.05) is 0 Å². The van der Waals surface area contributed by atoms with Gasteiger partial charge in [-0.05, 0) is 48.1 Å². The highest BCUT2D eigenvalue weighted by Crippen LogP contribution is 2.37. The standard InChI is InChI=1S/C24H27BrO/c1-4-15-24(16-5-2,17-6-3)22-11-13-23(14-12-22)26-19-21-9-7-20(18-25)8-10-21/h4-14H,1-3,15-19H2. The van der Waals surface area contributed by atoms with Crippen LogP contribution in [0.3, 0.4) is 0 Å². The van der Waals surface area contributed by atoms with E-state index in [1.165, 1.54) is 11.1 Å². The van der Waals surface area contributed by atoms with Crippen LogP contribution < -0.4 is 4.74 Å². The Morgan fingerprint density at radius 1 is 0.769 bits per heavy atom. The normalized spacial score (nSPS) is 11.0. The van der Waals surface area contributed by atoms with Gasteiger partial charge >= 0.3 is 0 Å². The Labute approximate surface area is 166 Å². The van der Waals surface area contributed by atoms with Crippen molar-refractivity contribution in [3.05, 3.63) is 103 Å². The Hall–Kier alpha value is -2.06. The molecule has 0 fully saturated rings. The van der Waals surface area contributed by atoms with E-state index < -0.39 is 0 Å². The molecule has 2 heteroatoms. The molecule has 0 spiro atoms. The minimum absolute atomic E-state index is 0.0186. The van der Waals surface area contributed by atoms with E-state index >= 15 is 0 Å². The number of hydrogen-bond donors (Lipinski definition) is 0. The number of alkyl halides is 1. The molecule has 136 valence electrons. The van der Waals surface area contributed by atoms with Crippen LogP contribution in [0.15, 0.2) is 86.5 Å². The Bertz CT molecular complexity index is 686. The largest absolute Gasteiger partial charge is 0.489 e. The van der Waals surface area contributed by atoms with E-state index in [0.717, 1.165) is 35.9 Å². The molecule has 0 saturated heterocycles. The smallest absolute Gasteiger partial charge is 0.119 e. The van der Waals surface area contributed by atoms with Crippen LogP contribution in [0, 0.1) is 0 Å². The number of halogens is 1. The molecule has 0 radical (unpaired) electrons. The molecule has 0 aliphatic rings. The Kier molecular flexibility index (Phi) is 7.93. The van der Waals surface area contributed by atoms with Crippen molar-refractivity contribution in [1.29, 1.82) is 0 Å². The lowest BCUT2D eigenvalue weighted by atomic mass is 9.72. The van der Waals surface area contributed by atoms with E-state index in [1.807, 2.05) is 30.4 Å². The first-order valence-electron chi connectivity index (χ1n) is 8.87. The van der Waals surface area contributed by atoms with Crippen molar-refractivity contribution in [2.24, 2.45) is 0 Å². The van der Waals surface area contributed by atoms with E-state index in [2.05, 4.69) is 72.1 Å². The van der Waals surface area contributed by atoms with Gasteiger partial charge in [-0.15, -0.1) is 19.7 Å². The van der Waals surface area contributed by atoms with Gasteiger partial charge in [0.15, 0.2) is 0 Å². The maximum Gasteiger partial charge on any atom is 0.119 e. The van der Waals surface area contributed by atoms with E-state index in [1.54, 1.807) is 0 Å². The van der Waals surface area contributed by atoms with Gasteiger partial charge in [-0.1, -0.05) is 70.6 Å². The summed E-state index contributed by atoms with van der Waals surface area (Å²) in [6.07, 6.45) is 8.62. The molecule has 0 aromatic heterocycles. The quantitative estimate of drug-likeness (QED) is 0.282. The lowest BCUT2D eigenvalue weighted by Crippen LogP contribution is -2.24. The monoisotopic (exact) mass is 410 g/mol. The third kappa shape index (κ3) is 5.22. The van der Waals surface area contributed by atoms with Gasteiger partial charge in [0.1, 0.15) is 12.4 Å². The lowest BCUT2D eigenvalue weighted by molar-refractivity contribution is 0.306. The second kappa shape index (κ2) is 10.2. The summed E-state index contributed by atoms with van der Waals surface area (Å²) in [5.74, 6) is 0.878. The molecule has 26 heavy (non-hydrogen) atoms. The van der Waals surface area contributed by atoms with Gasteiger partial charge in [0.2, 0.25) is 0 Å². The summed E-state index contributed by atoms with van der Waals surface area (Å²) in [5.41, 5.74) is 3.68. The zero-order chi connectivity index (χ0) is 18.8. The fraction of sp³-hybridized carbons (Fsp3) is 0.250. The van der Waals surface area contributed by atoms with Gasteiger partial charge in [0.05, 0.1) is 0 Å². The summed E-state index contributed by atoms with van der Waals surface area (Å²) in [6, 6.07) is 16.8. The minimum atomic E-state index is -0.0186. The number of benzene rings is 2. The van der Waals surface area contributed by atoms with Crippen LogP contribution in [0.1, 0.15) is 36.0 Å². The van der Waals surface area contributed by atoms with Crippen LogP contribution in [-0.4, -0.2) is 0 Å². The molecule has 0 bridgehead atoms. The molecule has 0 atom stereocenters. The Morgan fingerprint density at radius 3 is 1.73 bits per heavy atom. The number of rotatable bonds is 11. The highest BCUT2D eigenvalue weighted by Gasteiger charge is 2.28. The maximum absolute atomic E-state index is 5.94. The fourth-order valence-electron chi connectivity index (χ4n) is 3.23. The van der Waals surface area contributed by atoms with Crippen molar-refractivity contribution < 1.29 is 4.74 Å². The Morgan fingerprint density at radius 2 is 1.27 bits per heavy atom. The van der Waals surface area contributed by atoms with Crippen molar-refractivity contribution in [3.63, 3.8) is 0 Å². The molecule has 2 aromatic carbocycles. The first-order chi connectivity index (χ1) is 12.7. The highest BCUT2D eigenvalue weighted by atomic mass is 79.9. The molecule has 0 aliphatic heterocycles. The molecule has 0 aliphatic carbocycles. The molecule has 1 nitrogen and oxygen atoms in total. The zero-order valence-electron chi connectivity index (χ0n) is 15.3. The van der Waals surface area contributed by atoms with Crippen LogP contribution in [-0.2, 0) is 17.4 Å². The average Bonchev–Trinajstić information content (AvgIpc) is 2.68. The number of hydrogen-bond acceptors (Lipinski definition) is 1. The number of allylic oxidation sites excluding steroid dienone is 3. The van der Waals surface area contributed by atoms with Crippen LogP contribution in [0.5, 0.6) is 5.75 Å². The summed E-state index contributed by atoms with van der Waals surface area (Å²) in [7, 11) is 0. The van der Waals surface area contributed by atoms with Gasteiger partial charge in [0, 0.05) is 10.7 Å². The lowest BCUT2D eigenvalue weighted by Gasteiger charge is -2.32. The second-order valence-electron chi connectivity index (χ2n) is 6.52. The van der Waals surface area contributed by atoms with Crippen LogP contribution in [0.2, 0.25) is 0 Å². The molecule has 2 aromatic rings. The van der Waals surface area contributed by atoms with Crippen molar-refractivity contribution in [1.82, 2.24) is 0 Å². The first kappa shape index (κ1) is 20.3. The maximum atomic E-state index is 5.94. The van der Waals surface area contributed by atoms with Crippen molar-refractivity contribution in [3.8, 4) is 5.75 Å². The van der Waals surface area contributed by atoms with Gasteiger partial charge in [-0.2, -0.15) is 0 Å². The summed E-state index contributed by atoms with van der Waals surface area (Å²) >= 11 is 3.46. The third-order valence-corrected chi connectivity index (χ3v) is 5.30. The molecular weight excluding hydrogens is 384 g/mol. The highest BCUT2D eigenvalue weighted by molar-refractivity contribution is 9.08. The second-order valence-corrected chi connectivity index (χ2v) is 7.08.